The smallest absolute Gasteiger partial charge is 0.306 e. The van der Waals surface area contributed by atoms with E-state index < -0.39 is 6.10 Å². The zero-order valence-electron chi connectivity index (χ0n) is 53.8. The Hall–Kier alpha value is -3.41. The first-order chi connectivity index (χ1) is 40.0. The molecule has 6 nitrogen and oxygen atoms in total. The molecule has 0 amide bonds. The minimum absolute atomic E-state index is 0.0818. The van der Waals surface area contributed by atoms with Crippen molar-refractivity contribution in [2.75, 3.05) is 13.2 Å². The van der Waals surface area contributed by atoms with Crippen LogP contribution in [0.4, 0.5) is 0 Å². The van der Waals surface area contributed by atoms with Crippen molar-refractivity contribution in [2.45, 2.75) is 361 Å². The second kappa shape index (κ2) is 69.1. The van der Waals surface area contributed by atoms with Gasteiger partial charge in [-0.15, -0.1) is 0 Å². The number of allylic oxidation sites excluding steroid dienone is 14. The Morgan fingerprint density at radius 2 is 0.457 bits per heavy atom. The molecule has 1 unspecified atom stereocenters. The van der Waals surface area contributed by atoms with Crippen LogP contribution in [-0.4, -0.2) is 37.2 Å². The fourth-order valence-corrected chi connectivity index (χ4v) is 10.0. The summed E-state index contributed by atoms with van der Waals surface area (Å²) in [6, 6.07) is 0. The molecule has 81 heavy (non-hydrogen) atoms. The van der Waals surface area contributed by atoms with Gasteiger partial charge in [-0.1, -0.05) is 305 Å². The summed E-state index contributed by atoms with van der Waals surface area (Å²) in [5, 5.41) is 0. The maximum absolute atomic E-state index is 12.9. The second-order valence-corrected chi connectivity index (χ2v) is 23.4. The lowest BCUT2D eigenvalue weighted by Crippen LogP contribution is -2.30. The van der Waals surface area contributed by atoms with Crippen LogP contribution in [0.5, 0.6) is 0 Å². The maximum Gasteiger partial charge on any atom is 0.306 e. The van der Waals surface area contributed by atoms with E-state index in [-0.39, 0.29) is 31.1 Å². The Morgan fingerprint density at radius 1 is 0.247 bits per heavy atom. The van der Waals surface area contributed by atoms with Crippen LogP contribution in [0.1, 0.15) is 355 Å². The first-order valence-corrected chi connectivity index (χ1v) is 35.1. The van der Waals surface area contributed by atoms with Crippen molar-refractivity contribution in [3.05, 3.63) is 85.1 Å². The van der Waals surface area contributed by atoms with Gasteiger partial charge in [-0.3, -0.25) is 14.4 Å². The first-order valence-electron chi connectivity index (χ1n) is 35.1. The normalized spacial score (nSPS) is 12.6. The largest absolute Gasteiger partial charge is 0.462 e. The number of unbranched alkanes of at least 4 members (excludes halogenated alkanes) is 39. The molecule has 0 rings (SSSR count). The Balaban J connectivity index is 4.15. The number of rotatable bonds is 64. The summed E-state index contributed by atoms with van der Waals surface area (Å²) < 4.78 is 16.9. The SMILES string of the molecule is CCCC/C=C\CCCCCCCC(=O)OCC(COC(=O)CCCCCCCCCCCCCCCCCCCC/C=C\C/C=C\C/C=C\CCCCCCC)OC(=O)CCCCCCCC/C=C\C/C=C\C/C=C\CCCCC. The summed E-state index contributed by atoms with van der Waals surface area (Å²) in [4.78, 5) is 38.3. The third kappa shape index (κ3) is 67.3. The van der Waals surface area contributed by atoms with E-state index in [1.807, 2.05) is 0 Å². The van der Waals surface area contributed by atoms with Gasteiger partial charge >= 0.3 is 17.9 Å². The monoisotopic (exact) mass is 1130 g/mol. The molecule has 0 saturated heterocycles. The van der Waals surface area contributed by atoms with Gasteiger partial charge in [0.05, 0.1) is 0 Å². The molecule has 0 aliphatic carbocycles. The van der Waals surface area contributed by atoms with Crippen molar-refractivity contribution < 1.29 is 28.6 Å². The number of carbonyl (C=O) groups excluding carboxylic acids is 3. The third-order valence-electron chi connectivity index (χ3n) is 15.3. The van der Waals surface area contributed by atoms with Crippen LogP contribution >= 0.6 is 0 Å². The molecule has 0 aromatic heterocycles. The quantitative estimate of drug-likeness (QED) is 0.0261. The van der Waals surface area contributed by atoms with E-state index in [4.69, 9.17) is 14.2 Å². The summed E-state index contributed by atoms with van der Waals surface area (Å²) in [6.07, 6.45) is 91.9. The molecule has 0 N–H and O–H groups in total. The van der Waals surface area contributed by atoms with Crippen molar-refractivity contribution in [3.8, 4) is 0 Å². The topological polar surface area (TPSA) is 78.9 Å². The van der Waals surface area contributed by atoms with E-state index >= 15 is 0 Å². The van der Waals surface area contributed by atoms with E-state index in [1.165, 1.54) is 212 Å². The standard InChI is InChI=1S/C75H132O6/c1-4-7-10-13-16-19-22-24-26-28-30-31-32-33-34-35-36-37-38-39-40-41-42-43-45-46-48-50-53-56-59-62-65-68-74(77)80-71-72(70-79-73(76)67-64-61-58-55-52-21-18-15-12-9-6-3)81-75(78)69-66-63-60-57-54-51-49-47-44-29-27-25-23-20-17-14-11-8-5-2/h15,17-18,20,22,24-25,27-28,30,32-33,44,47,72H,4-14,16,19,21,23,26,29,31,34-43,45-46,48-71H2,1-3H3/b18-15-,20-17-,24-22-,27-25-,30-28-,33-32-,47-44-. The van der Waals surface area contributed by atoms with Gasteiger partial charge in [0.25, 0.3) is 0 Å². The summed E-state index contributed by atoms with van der Waals surface area (Å²) in [7, 11) is 0. The summed E-state index contributed by atoms with van der Waals surface area (Å²) in [5.74, 6) is -0.890. The lowest BCUT2D eigenvalue weighted by atomic mass is 10.0. The van der Waals surface area contributed by atoms with E-state index in [2.05, 4.69) is 106 Å². The molecular weight excluding hydrogens is 997 g/mol. The van der Waals surface area contributed by atoms with E-state index in [0.717, 1.165) is 103 Å². The van der Waals surface area contributed by atoms with Crippen LogP contribution in [-0.2, 0) is 28.6 Å². The summed E-state index contributed by atoms with van der Waals surface area (Å²) >= 11 is 0. The molecule has 0 bridgehead atoms. The Morgan fingerprint density at radius 3 is 0.765 bits per heavy atom. The molecule has 0 spiro atoms. The molecule has 0 aliphatic rings. The zero-order valence-corrected chi connectivity index (χ0v) is 53.8. The van der Waals surface area contributed by atoms with Crippen LogP contribution in [0.25, 0.3) is 0 Å². The van der Waals surface area contributed by atoms with Crippen molar-refractivity contribution >= 4 is 17.9 Å². The van der Waals surface area contributed by atoms with Crippen molar-refractivity contribution in [3.63, 3.8) is 0 Å². The molecule has 0 aromatic carbocycles. The lowest BCUT2D eigenvalue weighted by Gasteiger charge is -2.18. The summed E-state index contributed by atoms with van der Waals surface area (Å²) in [5.41, 5.74) is 0. The van der Waals surface area contributed by atoms with Gasteiger partial charge < -0.3 is 14.2 Å². The Labute approximate surface area is 503 Å². The van der Waals surface area contributed by atoms with Crippen LogP contribution in [0.3, 0.4) is 0 Å². The molecule has 0 saturated carbocycles. The average molecular weight is 1130 g/mol. The highest BCUT2D eigenvalue weighted by atomic mass is 16.6. The summed E-state index contributed by atoms with van der Waals surface area (Å²) in [6.45, 7) is 6.58. The van der Waals surface area contributed by atoms with Gasteiger partial charge in [0.2, 0.25) is 0 Å². The van der Waals surface area contributed by atoms with E-state index in [1.54, 1.807) is 0 Å². The molecular formula is C75H132O6. The highest BCUT2D eigenvalue weighted by Gasteiger charge is 2.19. The number of esters is 3. The molecule has 0 heterocycles. The van der Waals surface area contributed by atoms with Gasteiger partial charge in [0.15, 0.2) is 6.10 Å². The highest BCUT2D eigenvalue weighted by molar-refractivity contribution is 5.71. The lowest BCUT2D eigenvalue weighted by molar-refractivity contribution is -0.167. The first kappa shape index (κ1) is 77.6. The van der Waals surface area contributed by atoms with Crippen molar-refractivity contribution in [1.29, 1.82) is 0 Å². The third-order valence-corrected chi connectivity index (χ3v) is 15.3. The van der Waals surface area contributed by atoms with Crippen LogP contribution in [0, 0.1) is 0 Å². The van der Waals surface area contributed by atoms with Gasteiger partial charge in [-0.05, 0) is 116 Å². The second-order valence-electron chi connectivity index (χ2n) is 23.4. The average Bonchev–Trinajstić information content (AvgIpc) is 3.47. The Kier molecular flexibility index (Phi) is 66.2. The molecule has 6 heteroatoms. The number of carbonyl (C=O) groups is 3. The number of ether oxygens (including phenoxy) is 3. The van der Waals surface area contributed by atoms with Gasteiger partial charge in [-0.2, -0.15) is 0 Å². The number of hydrogen-bond donors (Lipinski definition) is 0. The Bertz CT molecular complexity index is 1530. The number of hydrogen-bond acceptors (Lipinski definition) is 6. The minimum Gasteiger partial charge on any atom is -0.462 e. The van der Waals surface area contributed by atoms with Crippen LogP contribution in [0.15, 0.2) is 85.1 Å². The molecule has 0 aromatic rings. The van der Waals surface area contributed by atoms with Gasteiger partial charge in [-0.25, -0.2) is 0 Å². The molecule has 1 atom stereocenters. The fourth-order valence-electron chi connectivity index (χ4n) is 10.0. The molecule has 468 valence electrons. The fraction of sp³-hybridized carbons (Fsp3) is 0.773. The van der Waals surface area contributed by atoms with Crippen LogP contribution < -0.4 is 0 Å². The van der Waals surface area contributed by atoms with Crippen LogP contribution in [0.2, 0.25) is 0 Å². The molecule has 0 radical (unpaired) electrons. The van der Waals surface area contributed by atoms with Gasteiger partial charge in [0, 0.05) is 19.3 Å². The van der Waals surface area contributed by atoms with E-state index in [0.29, 0.717) is 19.3 Å². The van der Waals surface area contributed by atoms with Gasteiger partial charge in [0.1, 0.15) is 13.2 Å². The maximum atomic E-state index is 12.9. The predicted octanol–water partition coefficient (Wildman–Crippen LogP) is 24.2. The highest BCUT2D eigenvalue weighted by Crippen LogP contribution is 2.17. The van der Waals surface area contributed by atoms with Crippen molar-refractivity contribution in [1.82, 2.24) is 0 Å². The molecule has 0 fully saturated rings. The minimum atomic E-state index is -0.787. The zero-order chi connectivity index (χ0) is 58.5. The predicted molar refractivity (Wildman–Crippen MR) is 353 cm³/mol. The molecule has 0 aliphatic heterocycles. The van der Waals surface area contributed by atoms with Crippen molar-refractivity contribution in [2.24, 2.45) is 0 Å². The van der Waals surface area contributed by atoms with E-state index in [9.17, 15) is 14.4 Å².